The molecule has 2 atom stereocenters. The number of piperidine rings is 1. The van der Waals surface area contributed by atoms with E-state index in [0.717, 1.165) is 25.8 Å². The Balaban J connectivity index is 1.95. The standard InChI is InChI=1S/C12H21N3O2S/c1-9(13)10-4-2-3-5-15(10)11(16)6-14-8-18-7-12(14)17/h9-10H,2-8,13H2,1H3. The molecule has 2 saturated heterocycles. The van der Waals surface area contributed by atoms with E-state index in [9.17, 15) is 9.59 Å². The van der Waals surface area contributed by atoms with Gasteiger partial charge in [-0.2, -0.15) is 0 Å². The predicted molar refractivity (Wildman–Crippen MR) is 72.0 cm³/mol. The Morgan fingerprint density at radius 2 is 2.33 bits per heavy atom. The van der Waals surface area contributed by atoms with Gasteiger partial charge in [0.2, 0.25) is 11.8 Å². The number of nitrogens with zero attached hydrogens (tertiary/aromatic N) is 2. The number of nitrogens with two attached hydrogens (primary N) is 1. The summed E-state index contributed by atoms with van der Waals surface area (Å²) in [6.45, 7) is 2.95. The van der Waals surface area contributed by atoms with Gasteiger partial charge in [0, 0.05) is 18.6 Å². The second-order valence-corrected chi connectivity index (χ2v) is 6.03. The Bertz CT molecular complexity index is 335. The molecule has 2 aliphatic heterocycles. The first-order chi connectivity index (χ1) is 8.59. The van der Waals surface area contributed by atoms with Gasteiger partial charge in [0.1, 0.15) is 6.54 Å². The molecule has 0 aromatic rings. The molecule has 2 rings (SSSR count). The largest absolute Gasteiger partial charge is 0.337 e. The molecule has 0 saturated carbocycles. The molecule has 18 heavy (non-hydrogen) atoms. The van der Waals surface area contributed by atoms with Crippen LogP contribution in [-0.2, 0) is 9.59 Å². The lowest BCUT2D eigenvalue weighted by Gasteiger charge is -2.38. The van der Waals surface area contributed by atoms with Crippen LogP contribution in [0.3, 0.4) is 0 Å². The van der Waals surface area contributed by atoms with Gasteiger partial charge in [-0.1, -0.05) is 0 Å². The number of amides is 2. The van der Waals surface area contributed by atoms with Gasteiger partial charge in [-0.05, 0) is 26.2 Å². The fraction of sp³-hybridized carbons (Fsp3) is 0.833. The van der Waals surface area contributed by atoms with Gasteiger partial charge >= 0.3 is 0 Å². The van der Waals surface area contributed by atoms with Crippen molar-refractivity contribution >= 4 is 23.6 Å². The minimum absolute atomic E-state index is 0.00194. The van der Waals surface area contributed by atoms with Gasteiger partial charge in [-0.3, -0.25) is 9.59 Å². The third-order valence-electron chi connectivity index (χ3n) is 3.63. The quantitative estimate of drug-likeness (QED) is 0.799. The molecule has 0 radical (unpaired) electrons. The van der Waals surface area contributed by atoms with Crippen molar-refractivity contribution in [2.75, 3.05) is 24.7 Å². The Hall–Kier alpha value is -0.750. The van der Waals surface area contributed by atoms with E-state index in [1.165, 1.54) is 0 Å². The summed E-state index contributed by atoms with van der Waals surface area (Å²) in [7, 11) is 0. The monoisotopic (exact) mass is 271 g/mol. The SMILES string of the molecule is CC(N)C1CCCCN1C(=O)CN1CSCC1=O. The van der Waals surface area contributed by atoms with E-state index in [0.29, 0.717) is 11.6 Å². The zero-order valence-electron chi connectivity index (χ0n) is 10.8. The summed E-state index contributed by atoms with van der Waals surface area (Å²) >= 11 is 1.57. The Labute approximate surface area is 112 Å². The highest BCUT2D eigenvalue weighted by molar-refractivity contribution is 8.00. The molecule has 0 spiro atoms. The first kappa shape index (κ1) is 13.7. The third kappa shape index (κ3) is 2.98. The van der Waals surface area contributed by atoms with E-state index in [2.05, 4.69) is 0 Å². The number of likely N-dealkylation sites (tertiary alicyclic amines) is 1. The van der Waals surface area contributed by atoms with Gasteiger partial charge in [0.25, 0.3) is 0 Å². The maximum Gasteiger partial charge on any atom is 0.242 e. The van der Waals surface area contributed by atoms with E-state index >= 15 is 0 Å². The molecule has 6 heteroatoms. The highest BCUT2D eigenvalue weighted by Crippen LogP contribution is 2.21. The lowest BCUT2D eigenvalue weighted by Crippen LogP contribution is -2.54. The van der Waals surface area contributed by atoms with Crippen LogP contribution in [0.1, 0.15) is 26.2 Å². The smallest absolute Gasteiger partial charge is 0.242 e. The number of hydrogen-bond acceptors (Lipinski definition) is 4. The van der Waals surface area contributed by atoms with Crippen molar-refractivity contribution in [3.8, 4) is 0 Å². The van der Waals surface area contributed by atoms with Crippen molar-refractivity contribution in [1.29, 1.82) is 0 Å². The molecule has 102 valence electrons. The van der Waals surface area contributed by atoms with E-state index in [1.807, 2.05) is 11.8 Å². The molecule has 2 unspecified atom stereocenters. The topological polar surface area (TPSA) is 66.6 Å². The molecular formula is C12H21N3O2S. The zero-order chi connectivity index (χ0) is 13.1. The number of carbonyl (C=O) groups excluding carboxylic acids is 2. The summed E-state index contributed by atoms with van der Waals surface area (Å²) < 4.78 is 0. The second-order valence-electron chi connectivity index (χ2n) is 5.08. The van der Waals surface area contributed by atoms with Crippen LogP contribution >= 0.6 is 11.8 Å². The second kappa shape index (κ2) is 5.93. The summed E-state index contributed by atoms with van der Waals surface area (Å²) in [5.74, 6) is 1.26. The van der Waals surface area contributed by atoms with Crippen molar-refractivity contribution in [2.45, 2.75) is 38.3 Å². The van der Waals surface area contributed by atoms with Crippen molar-refractivity contribution < 1.29 is 9.59 Å². The molecule has 2 amide bonds. The van der Waals surface area contributed by atoms with Crippen molar-refractivity contribution in [3.63, 3.8) is 0 Å². The van der Waals surface area contributed by atoms with Crippen LogP contribution in [0.15, 0.2) is 0 Å². The Morgan fingerprint density at radius 1 is 1.56 bits per heavy atom. The first-order valence-electron chi connectivity index (χ1n) is 6.50. The average molecular weight is 271 g/mol. The summed E-state index contributed by atoms with van der Waals surface area (Å²) in [5.41, 5.74) is 5.95. The molecule has 0 aromatic carbocycles. The molecule has 0 bridgehead atoms. The van der Waals surface area contributed by atoms with Crippen molar-refractivity contribution in [2.24, 2.45) is 5.73 Å². The van der Waals surface area contributed by atoms with Crippen LogP contribution in [0.5, 0.6) is 0 Å². The van der Waals surface area contributed by atoms with Crippen LogP contribution in [0.25, 0.3) is 0 Å². The molecule has 5 nitrogen and oxygen atoms in total. The maximum absolute atomic E-state index is 12.3. The van der Waals surface area contributed by atoms with Crippen molar-refractivity contribution in [3.05, 3.63) is 0 Å². The van der Waals surface area contributed by atoms with Gasteiger partial charge in [-0.15, -0.1) is 11.8 Å². The van der Waals surface area contributed by atoms with E-state index in [-0.39, 0.29) is 30.4 Å². The molecule has 2 aliphatic rings. The molecule has 2 fully saturated rings. The minimum Gasteiger partial charge on any atom is -0.337 e. The van der Waals surface area contributed by atoms with Gasteiger partial charge in [0.15, 0.2) is 0 Å². The normalized spacial score (nSPS) is 26.6. The summed E-state index contributed by atoms with van der Waals surface area (Å²) in [6, 6.07) is 0.134. The van der Waals surface area contributed by atoms with E-state index < -0.39 is 0 Å². The van der Waals surface area contributed by atoms with Gasteiger partial charge in [-0.25, -0.2) is 0 Å². The van der Waals surface area contributed by atoms with E-state index in [1.54, 1.807) is 16.7 Å². The molecular weight excluding hydrogens is 250 g/mol. The molecule has 0 aromatic heterocycles. The highest BCUT2D eigenvalue weighted by atomic mass is 32.2. The highest BCUT2D eigenvalue weighted by Gasteiger charge is 2.31. The predicted octanol–water partition coefficient (Wildman–Crippen LogP) is 0.248. The minimum atomic E-state index is -0.00194. The molecule has 2 N–H and O–H groups in total. The van der Waals surface area contributed by atoms with Crippen LogP contribution in [0, 0.1) is 0 Å². The molecule has 2 heterocycles. The number of carbonyl (C=O) groups is 2. The molecule has 0 aliphatic carbocycles. The fourth-order valence-electron chi connectivity index (χ4n) is 2.61. The lowest BCUT2D eigenvalue weighted by molar-refractivity contribution is -0.140. The summed E-state index contributed by atoms with van der Waals surface area (Å²) in [5, 5.41) is 0. The van der Waals surface area contributed by atoms with E-state index in [4.69, 9.17) is 5.73 Å². The zero-order valence-corrected chi connectivity index (χ0v) is 11.6. The van der Waals surface area contributed by atoms with Gasteiger partial charge < -0.3 is 15.5 Å². The fourth-order valence-corrected chi connectivity index (χ4v) is 3.51. The Kier molecular flexibility index (Phi) is 4.50. The van der Waals surface area contributed by atoms with Crippen LogP contribution in [0.2, 0.25) is 0 Å². The lowest BCUT2D eigenvalue weighted by atomic mass is 9.97. The number of thioether (sulfide) groups is 1. The van der Waals surface area contributed by atoms with Crippen LogP contribution in [-0.4, -0.2) is 58.4 Å². The Morgan fingerprint density at radius 3 is 2.94 bits per heavy atom. The number of rotatable bonds is 3. The van der Waals surface area contributed by atoms with Crippen molar-refractivity contribution in [1.82, 2.24) is 9.80 Å². The van der Waals surface area contributed by atoms with Gasteiger partial charge in [0.05, 0.1) is 11.6 Å². The summed E-state index contributed by atoms with van der Waals surface area (Å²) in [4.78, 5) is 27.3. The number of hydrogen-bond donors (Lipinski definition) is 1. The summed E-state index contributed by atoms with van der Waals surface area (Å²) in [6.07, 6.45) is 3.15. The van der Waals surface area contributed by atoms with Crippen LogP contribution in [0.4, 0.5) is 0 Å². The first-order valence-corrected chi connectivity index (χ1v) is 7.65. The average Bonchev–Trinajstić information content (AvgIpc) is 2.75. The third-order valence-corrected chi connectivity index (χ3v) is 4.57. The maximum atomic E-state index is 12.3. The van der Waals surface area contributed by atoms with Crippen LogP contribution < -0.4 is 5.73 Å².